The minimum absolute atomic E-state index is 0.0495. The molecule has 1 rings (SSSR count). The third kappa shape index (κ3) is 4.37. The summed E-state index contributed by atoms with van der Waals surface area (Å²) < 4.78 is 4.97. The SMILES string of the molecule is COCCCCCNC(=O)c1cccc(N)c1C. The van der Waals surface area contributed by atoms with E-state index in [9.17, 15) is 4.79 Å². The van der Waals surface area contributed by atoms with E-state index in [0.717, 1.165) is 31.4 Å². The van der Waals surface area contributed by atoms with Gasteiger partial charge in [-0.2, -0.15) is 0 Å². The van der Waals surface area contributed by atoms with E-state index in [0.29, 0.717) is 17.8 Å². The zero-order chi connectivity index (χ0) is 13.4. The van der Waals surface area contributed by atoms with Crippen molar-refractivity contribution in [2.45, 2.75) is 26.2 Å². The molecule has 3 N–H and O–H groups in total. The Bertz CT molecular complexity index is 391. The zero-order valence-corrected chi connectivity index (χ0v) is 11.2. The molecule has 0 bridgehead atoms. The second-order valence-electron chi connectivity index (χ2n) is 4.33. The summed E-state index contributed by atoms with van der Waals surface area (Å²) >= 11 is 0. The summed E-state index contributed by atoms with van der Waals surface area (Å²) in [5.41, 5.74) is 7.93. The normalized spacial score (nSPS) is 10.3. The quantitative estimate of drug-likeness (QED) is 0.575. The zero-order valence-electron chi connectivity index (χ0n) is 11.2. The molecule has 0 fully saturated rings. The van der Waals surface area contributed by atoms with Crippen LogP contribution in [0, 0.1) is 6.92 Å². The van der Waals surface area contributed by atoms with Crippen LogP contribution in [0.15, 0.2) is 18.2 Å². The van der Waals surface area contributed by atoms with E-state index >= 15 is 0 Å². The molecule has 0 atom stereocenters. The van der Waals surface area contributed by atoms with Crippen molar-refractivity contribution in [3.63, 3.8) is 0 Å². The molecule has 0 aliphatic heterocycles. The highest BCUT2D eigenvalue weighted by Gasteiger charge is 2.09. The van der Waals surface area contributed by atoms with E-state index in [-0.39, 0.29) is 5.91 Å². The van der Waals surface area contributed by atoms with Gasteiger partial charge < -0.3 is 15.8 Å². The number of carbonyl (C=O) groups excluding carboxylic acids is 1. The molecule has 4 heteroatoms. The first-order chi connectivity index (χ1) is 8.66. The van der Waals surface area contributed by atoms with Crippen LogP contribution in [-0.2, 0) is 4.74 Å². The van der Waals surface area contributed by atoms with Crippen LogP contribution in [-0.4, -0.2) is 26.2 Å². The van der Waals surface area contributed by atoms with Gasteiger partial charge in [0.05, 0.1) is 0 Å². The smallest absolute Gasteiger partial charge is 0.251 e. The fourth-order valence-electron chi connectivity index (χ4n) is 1.74. The lowest BCUT2D eigenvalue weighted by molar-refractivity contribution is 0.0952. The molecule has 18 heavy (non-hydrogen) atoms. The Morgan fingerprint density at radius 2 is 2.11 bits per heavy atom. The van der Waals surface area contributed by atoms with Gasteiger partial charge in [0.15, 0.2) is 0 Å². The first kappa shape index (κ1) is 14.5. The Balaban J connectivity index is 2.35. The first-order valence-electron chi connectivity index (χ1n) is 6.29. The minimum atomic E-state index is -0.0495. The van der Waals surface area contributed by atoms with Gasteiger partial charge >= 0.3 is 0 Å². The van der Waals surface area contributed by atoms with Crippen LogP contribution >= 0.6 is 0 Å². The maximum absolute atomic E-state index is 11.9. The Morgan fingerprint density at radius 3 is 2.83 bits per heavy atom. The lowest BCUT2D eigenvalue weighted by atomic mass is 10.1. The number of carbonyl (C=O) groups is 1. The lowest BCUT2D eigenvalue weighted by Crippen LogP contribution is -2.25. The van der Waals surface area contributed by atoms with Crippen LogP contribution in [0.1, 0.15) is 35.2 Å². The van der Waals surface area contributed by atoms with E-state index in [1.807, 2.05) is 6.92 Å². The van der Waals surface area contributed by atoms with Crippen molar-refractivity contribution in [1.82, 2.24) is 5.32 Å². The molecule has 0 unspecified atom stereocenters. The second kappa shape index (κ2) is 7.71. The number of amides is 1. The third-order valence-electron chi connectivity index (χ3n) is 2.93. The number of unbranched alkanes of at least 4 members (excludes halogenated alkanes) is 2. The van der Waals surface area contributed by atoms with Crippen LogP contribution in [0.25, 0.3) is 0 Å². The second-order valence-corrected chi connectivity index (χ2v) is 4.33. The average Bonchev–Trinajstić information content (AvgIpc) is 2.36. The third-order valence-corrected chi connectivity index (χ3v) is 2.93. The van der Waals surface area contributed by atoms with Crippen molar-refractivity contribution in [2.24, 2.45) is 0 Å². The van der Waals surface area contributed by atoms with E-state index in [1.165, 1.54) is 0 Å². The van der Waals surface area contributed by atoms with Gasteiger partial charge in [0, 0.05) is 31.5 Å². The summed E-state index contributed by atoms with van der Waals surface area (Å²) in [5, 5.41) is 2.91. The van der Waals surface area contributed by atoms with Gasteiger partial charge in [0.2, 0.25) is 0 Å². The van der Waals surface area contributed by atoms with Crippen LogP contribution < -0.4 is 11.1 Å². The highest BCUT2D eigenvalue weighted by atomic mass is 16.5. The van der Waals surface area contributed by atoms with Crippen molar-refractivity contribution in [3.05, 3.63) is 29.3 Å². The number of hydrogen-bond acceptors (Lipinski definition) is 3. The number of ether oxygens (including phenoxy) is 1. The maximum Gasteiger partial charge on any atom is 0.251 e. The molecule has 0 radical (unpaired) electrons. The standard InChI is InChI=1S/C14H22N2O2/c1-11-12(7-6-8-13(11)15)14(17)16-9-4-3-5-10-18-2/h6-8H,3-5,9-10,15H2,1-2H3,(H,16,17). The summed E-state index contributed by atoms with van der Waals surface area (Å²) in [6, 6.07) is 5.40. The van der Waals surface area contributed by atoms with Gasteiger partial charge in [-0.25, -0.2) is 0 Å². The van der Waals surface area contributed by atoms with Crippen molar-refractivity contribution in [2.75, 3.05) is 26.0 Å². The number of benzene rings is 1. The van der Waals surface area contributed by atoms with Crippen LogP contribution in [0.3, 0.4) is 0 Å². The minimum Gasteiger partial charge on any atom is -0.398 e. The maximum atomic E-state index is 11.9. The van der Waals surface area contributed by atoms with Crippen molar-refractivity contribution in [1.29, 1.82) is 0 Å². The fourth-order valence-corrected chi connectivity index (χ4v) is 1.74. The molecule has 1 amide bonds. The molecule has 0 aromatic heterocycles. The fraction of sp³-hybridized carbons (Fsp3) is 0.500. The molecule has 0 spiro atoms. The Labute approximate surface area is 109 Å². The first-order valence-corrected chi connectivity index (χ1v) is 6.29. The molecule has 0 saturated heterocycles. The summed E-state index contributed by atoms with van der Waals surface area (Å²) in [5.74, 6) is -0.0495. The van der Waals surface area contributed by atoms with E-state index in [4.69, 9.17) is 10.5 Å². The summed E-state index contributed by atoms with van der Waals surface area (Å²) in [4.78, 5) is 11.9. The number of rotatable bonds is 7. The predicted octanol–water partition coefficient (Wildman–Crippen LogP) is 2.12. The number of hydrogen-bond donors (Lipinski definition) is 2. The molecule has 0 aliphatic rings. The number of nitrogens with two attached hydrogens (primary N) is 1. The number of nitrogen functional groups attached to an aromatic ring is 1. The van der Waals surface area contributed by atoms with E-state index in [1.54, 1.807) is 25.3 Å². The van der Waals surface area contributed by atoms with Crippen molar-refractivity contribution >= 4 is 11.6 Å². The molecule has 0 aliphatic carbocycles. The Kier molecular flexibility index (Phi) is 6.22. The Morgan fingerprint density at radius 1 is 1.33 bits per heavy atom. The van der Waals surface area contributed by atoms with Gasteiger partial charge in [-0.1, -0.05) is 6.07 Å². The molecule has 0 heterocycles. The molecule has 1 aromatic rings. The number of methoxy groups -OCH3 is 1. The van der Waals surface area contributed by atoms with Crippen LogP contribution in [0.5, 0.6) is 0 Å². The Hall–Kier alpha value is -1.55. The molecular formula is C14H22N2O2. The topological polar surface area (TPSA) is 64.3 Å². The van der Waals surface area contributed by atoms with Gasteiger partial charge in [-0.15, -0.1) is 0 Å². The largest absolute Gasteiger partial charge is 0.398 e. The summed E-state index contributed by atoms with van der Waals surface area (Å²) in [6.07, 6.45) is 3.06. The van der Waals surface area contributed by atoms with Crippen LogP contribution in [0.4, 0.5) is 5.69 Å². The molecular weight excluding hydrogens is 228 g/mol. The molecule has 1 aromatic carbocycles. The van der Waals surface area contributed by atoms with Gasteiger partial charge in [-0.05, 0) is 43.9 Å². The number of nitrogens with one attached hydrogen (secondary N) is 1. The van der Waals surface area contributed by atoms with E-state index in [2.05, 4.69) is 5.32 Å². The van der Waals surface area contributed by atoms with Crippen LogP contribution in [0.2, 0.25) is 0 Å². The van der Waals surface area contributed by atoms with Crippen molar-refractivity contribution < 1.29 is 9.53 Å². The predicted molar refractivity (Wildman–Crippen MR) is 73.7 cm³/mol. The van der Waals surface area contributed by atoms with Gasteiger partial charge in [0.25, 0.3) is 5.91 Å². The average molecular weight is 250 g/mol. The lowest BCUT2D eigenvalue weighted by Gasteiger charge is -2.09. The molecule has 100 valence electrons. The highest BCUT2D eigenvalue weighted by molar-refractivity contribution is 5.96. The summed E-state index contributed by atoms with van der Waals surface area (Å²) in [7, 11) is 1.70. The highest BCUT2D eigenvalue weighted by Crippen LogP contribution is 2.15. The van der Waals surface area contributed by atoms with Gasteiger partial charge in [-0.3, -0.25) is 4.79 Å². The van der Waals surface area contributed by atoms with Gasteiger partial charge in [0.1, 0.15) is 0 Å². The number of anilines is 1. The van der Waals surface area contributed by atoms with E-state index < -0.39 is 0 Å². The summed E-state index contributed by atoms with van der Waals surface area (Å²) in [6.45, 7) is 3.34. The monoisotopic (exact) mass is 250 g/mol. The van der Waals surface area contributed by atoms with Crippen molar-refractivity contribution in [3.8, 4) is 0 Å². The molecule has 4 nitrogen and oxygen atoms in total. The molecule has 0 saturated carbocycles.